The molecule has 2 aromatic heterocycles. The summed E-state index contributed by atoms with van der Waals surface area (Å²) in [7, 11) is 0. The summed E-state index contributed by atoms with van der Waals surface area (Å²) in [6.45, 7) is -0.0836. The minimum atomic E-state index is -0.530. The zero-order chi connectivity index (χ0) is 24.5. The molecule has 0 unspecified atom stereocenters. The van der Waals surface area contributed by atoms with Crippen molar-refractivity contribution in [3.63, 3.8) is 0 Å². The van der Waals surface area contributed by atoms with E-state index in [2.05, 4.69) is 5.10 Å². The van der Waals surface area contributed by atoms with Crippen LogP contribution in [0, 0.1) is 0 Å². The van der Waals surface area contributed by atoms with Crippen LogP contribution in [0.4, 0.5) is 0 Å². The maximum Gasteiger partial charge on any atom is 0.342 e. The van der Waals surface area contributed by atoms with Crippen molar-refractivity contribution in [1.29, 1.82) is 0 Å². The maximum absolute atomic E-state index is 13.4. The molecule has 6 rings (SSSR count). The van der Waals surface area contributed by atoms with Gasteiger partial charge >= 0.3 is 11.6 Å². The van der Waals surface area contributed by atoms with E-state index < -0.39 is 11.6 Å². The molecule has 0 fully saturated rings. The van der Waals surface area contributed by atoms with Crippen LogP contribution >= 0.6 is 0 Å². The van der Waals surface area contributed by atoms with Crippen molar-refractivity contribution in [2.24, 2.45) is 0 Å². The first-order valence-electron chi connectivity index (χ1n) is 11.5. The van der Waals surface area contributed by atoms with Crippen LogP contribution < -0.4 is 5.63 Å². The summed E-state index contributed by atoms with van der Waals surface area (Å²) in [6, 6.07) is 31.9. The van der Waals surface area contributed by atoms with Crippen LogP contribution in [0.5, 0.6) is 0 Å². The number of nitrogens with zero attached hydrogens (tertiary/aromatic N) is 2. The second-order valence-electron chi connectivity index (χ2n) is 8.36. The SMILES string of the molecule is O=C(OCc1cc(=O)oc2ccc3ccccc3c12)c1cn(-c2ccccc2)nc1-c1ccccc1. The van der Waals surface area contributed by atoms with Crippen LogP contribution in [0.3, 0.4) is 0 Å². The van der Waals surface area contributed by atoms with Gasteiger partial charge in [-0.25, -0.2) is 14.3 Å². The first kappa shape index (κ1) is 21.6. The van der Waals surface area contributed by atoms with Crippen molar-refractivity contribution in [2.45, 2.75) is 6.61 Å². The van der Waals surface area contributed by atoms with Crippen molar-refractivity contribution < 1.29 is 13.9 Å². The predicted octanol–water partition coefficient (Wildman–Crippen LogP) is 6.16. The van der Waals surface area contributed by atoms with Crippen LogP contribution in [0.25, 0.3) is 38.7 Å². The summed E-state index contributed by atoms with van der Waals surface area (Å²) in [5.41, 5.74) is 3.03. The summed E-state index contributed by atoms with van der Waals surface area (Å²) in [6.07, 6.45) is 1.67. The Morgan fingerprint density at radius 3 is 2.39 bits per heavy atom. The number of para-hydroxylation sites is 1. The predicted molar refractivity (Wildman–Crippen MR) is 138 cm³/mol. The number of carbonyl (C=O) groups is 1. The van der Waals surface area contributed by atoms with E-state index in [9.17, 15) is 9.59 Å². The highest BCUT2D eigenvalue weighted by Crippen LogP contribution is 2.29. The molecule has 6 aromatic rings. The number of hydrogen-bond acceptors (Lipinski definition) is 5. The fourth-order valence-electron chi connectivity index (χ4n) is 4.40. The van der Waals surface area contributed by atoms with E-state index in [1.807, 2.05) is 91.0 Å². The van der Waals surface area contributed by atoms with Crippen LogP contribution in [0.1, 0.15) is 15.9 Å². The Balaban J connectivity index is 1.39. The number of aromatic nitrogens is 2. The molecule has 0 aliphatic carbocycles. The Morgan fingerprint density at radius 2 is 1.58 bits per heavy atom. The van der Waals surface area contributed by atoms with Gasteiger partial charge in [-0.1, -0.05) is 78.9 Å². The third kappa shape index (κ3) is 3.95. The van der Waals surface area contributed by atoms with Gasteiger partial charge in [0.15, 0.2) is 0 Å². The third-order valence-electron chi connectivity index (χ3n) is 6.08. The summed E-state index contributed by atoms with van der Waals surface area (Å²) in [5.74, 6) is -0.530. The molecule has 0 radical (unpaired) electrons. The number of fused-ring (bicyclic) bond motifs is 3. The Hall–Kier alpha value is -4.97. The molecule has 0 saturated heterocycles. The van der Waals surface area contributed by atoms with Crippen LogP contribution in [0.15, 0.2) is 119 Å². The highest BCUT2D eigenvalue weighted by Gasteiger charge is 2.21. The highest BCUT2D eigenvalue weighted by molar-refractivity contribution is 6.07. The molecule has 2 heterocycles. The fraction of sp³-hybridized carbons (Fsp3) is 0.0333. The Kier molecular flexibility index (Phi) is 5.39. The minimum absolute atomic E-state index is 0.0836. The molecule has 0 atom stereocenters. The molecule has 0 saturated carbocycles. The van der Waals surface area contributed by atoms with Gasteiger partial charge in [0.1, 0.15) is 23.4 Å². The standard InChI is InChI=1S/C30H20N2O4/c33-27-17-22(28-24-14-8-7-9-20(24)15-16-26(28)36-27)19-35-30(34)25-18-32(23-12-5-2-6-13-23)31-29(25)21-10-3-1-4-11-21/h1-18H,19H2. The summed E-state index contributed by atoms with van der Waals surface area (Å²) < 4.78 is 12.9. The van der Waals surface area contributed by atoms with E-state index in [0.717, 1.165) is 27.4 Å². The van der Waals surface area contributed by atoms with Gasteiger partial charge < -0.3 is 9.15 Å². The van der Waals surface area contributed by atoms with Crippen LogP contribution in [-0.2, 0) is 11.3 Å². The van der Waals surface area contributed by atoms with E-state index >= 15 is 0 Å². The summed E-state index contributed by atoms with van der Waals surface area (Å²) >= 11 is 0. The molecule has 0 N–H and O–H groups in total. The third-order valence-corrected chi connectivity index (χ3v) is 6.08. The largest absolute Gasteiger partial charge is 0.457 e. The molecule has 0 aliphatic rings. The van der Waals surface area contributed by atoms with Gasteiger partial charge in [-0.15, -0.1) is 0 Å². The lowest BCUT2D eigenvalue weighted by molar-refractivity contribution is 0.0475. The number of benzene rings is 4. The first-order chi connectivity index (χ1) is 17.7. The molecule has 6 nitrogen and oxygen atoms in total. The zero-order valence-electron chi connectivity index (χ0n) is 19.1. The van der Waals surface area contributed by atoms with Gasteiger partial charge in [-0.2, -0.15) is 5.10 Å². The van der Waals surface area contributed by atoms with Crippen molar-refractivity contribution in [1.82, 2.24) is 9.78 Å². The van der Waals surface area contributed by atoms with E-state index in [0.29, 0.717) is 22.4 Å². The number of ether oxygens (including phenoxy) is 1. The van der Waals surface area contributed by atoms with Gasteiger partial charge in [0.05, 0.1) is 5.69 Å². The van der Waals surface area contributed by atoms with E-state index in [4.69, 9.17) is 9.15 Å². The Bertz CT molecular complexity index is 1770. The summed E-state index contributed by atoms with van der Waals surface area (Å²) in [4.78, 5) is 25.6. The Labute approximate surface area is 206 Å². The van der Waals surface area contributed by atoms with Crippen molar-refractivity contribution in [3.8, 4) is 16.9 Å². The normalized spacial score (nSPS) is 11.1. The van der Waals surface area contributed by atoms with Gasteiger partial charge in [0.25, 0.3) is 0 Å². The average molecular weight is 473 g/mol. The average Bonchev–Trinajstić information content (AvgIpc) is 3.38. The molecular formula is C30H20N2O4. The molecule has 0 spiro atoms. The number of rotatable bonds is 5. The molecular weight excluding hydrogens is 452 g/mol. The molecule has 0 aliphatic heterocycles. The molecule has 0 bridgehead atoms. The number of esters is 1. The zero-order valence-corrected chi connectivity index (χ0v) is 19.1. The van der Waals surface area contributed by atoms with Gasteiger partial charge in [-0.3, -0.25) is 0 Å². The van der Waals surface area contributed by atoms with E-state index in [-0.39, 0.29) is 6.61 Å². The molecule has 174 valence electrons. The van der Waals surface area contributed by atoms with Gasteiger partial charge in [0, 0.05) is 28.8 Å². The minimum Gasteiger partial charge on any atom is -0.457 e. The van der Waals surface area contributed by atoms with Crippen LogP contribution in [-0.4, -0.2) is 15.7 Å². The molecule has 4 aromatic carbocycles. The smallest absolute Gasteiger partial charge is 0.342 e. The lowest BCUT2D eigenvalue weighted by Crippen LogP contribution is -2.08. The van der Waals surface area contributed by atoms with Crippen LogP contribution in [0.2, 0.25) is 0 Å². The van der Waals surface area contributed by atoms with Crippen molar-refractivity contribution >= 4 is 27.7 Å². The lowest BCUT2D eigenvalue weighted by atomic mass is 10.0. The first-order valence-corrected chi connectivity index (χ1v) is 11.5. The fourth-order valence-corrected chi connectivity index (χ4v) is 4.40. The number of carbonyl (C=O) groups excluding carboxylic acids is 1. The van der Waals surface area contributed by atoms with Crippen molar-refractivity contribution in [3.05, 3.63) is 131 Å². The van der Waals surface area contributed by atoms with Gasteiger partial charge in [0.2, 0.25) is 0 Å². The lowest BCUT2D eigenvalue weighted by Gasteiger charge is -2.10. The Morgan fingerprint density at radius 1 is 0.861 bits per heavy atom. The quantitative estimate of drug-likeness (QED) is 0.171. The second-order valence-corrected chi connectivity index (χ2v) is 8.36. The topological polar surface area (TPSA) is 74.3 Å². The van der Waals surface area contributed by atoms with Gasteiger partial charge in [-0.05, 0) is 29.0 Å². The highest BCUT2D eigenvalue weighted by atomic mass is 16.5. The number of hydrogen-bond donors (Lipinski definition) is 0. The molecule has 0 amide bonds. The van der Waals surface area contributed by atoms with E-state index in [1.165, 1.54) is 6.07 Å². The van der Waals surface area contributed by atoms with Crippen molar-refractivity contribution in [2.75, 3.05) is 0 Å². The monoisotopic (exact) mass is 472 g/mol. The molecule has 6 heteroatoms. The maximum atomic E-state index is 13.4. The summed E-state index contributed by atoms with van der Waals surface area (Å²) in [5, 5.41) is 7.36. The molecule has 36 heavy (non-hydrogen) atoms. The second kappa shape index (κ2) is 9.00. The van der Waals surface area contributed by atoms with E-state index in [1.54, 1.807) is 16.9 Å².